The van der Waals surface area contributed by atoms with Crippen LogP contribution in [-0.2, 0) is 4.79 Å². The van der Waals surface area contributed by atoms with Crippen molar-refractivity contribution in [3.8, 4) is 0 Å². The monoisotopic (exact) mass is 168 g/mol. The third-order valence-corrected chi connectivity index (χ3v) is 1.42. The third-order valence-electron chi connectivity index (χ3n) is 1.42. The molecule has 0 amide bonds. The molecule has 0 aromatic rings. The first kappa shape index (κ1) is 10.5. The SMILES string of the molecule is CC(C)(C)C(C=O)C(F)(F)F. The summed E-state index contributed by atoms with van der Waals surface area (Å²) in [6.45, 7) is 4.17. The van der Waals surface area contributed by atoms with Crippen LogP contribution in [0.2, 0.25) is 0 Å². The summed E-state index contributed by atoms with van der Waals surface area (Å²) in [6, 6.07) is 0. The van der Waals surface area contributed by atoms with Crippen LogP contribution in [0.3, 0.4) is 0 Å². The van der Waals surface area contributed by atoms with Crippen LogP contribution in [0.5, 0.6) is 0 Å². The summed E-state index contributed by atoms with van der Waals surface area (Å²) in [5.74, 6) is -1.87. The largest absolute Gasteiger partial charge is 0.398 e. The van der Waals surface area contributed by atoms with E-state index in [9.17, 15) is 18.0 Å². The van der Waals surface area contributed by atoms with E-state index in [1.807, 2.05) is 0 Å². The zero-order valence-electron chi connectivity index (χ0n) is 6.70. The van der Waals surface area contributed by atoms with Crippen molar-refractivity contribution >= 4 is 6.29 Å². The molecule has 1 atom stereocenters. The normalized spacial score (nSPS) is 16.2. The van der Waals surface area contributed by atoms with E-state index >= 15 is 0 Å². The minimum Gasteiger partial charge on any atom is -0.303 e. The van der Waals surface area contributed by atoms with Gasteiger partial charge in [0.05, 0.1) is 0 Å². The molecule has 0 aromatic heterocycles. The molecule has 0 N–H and O–H groups in total. The smallest absolute Gasteiger partial charge is 0.303 e. The van der Waals surface area contributed by atoms with Crippen molar-refractivity contribution in [1.29, 1.82) is 0 Å². The summed E-state index contributed by atoms with van der Waals surface area (Å²) in [6.07, 6.45) is -4.46. The lowest BCUT2D eigenvalue weighted by atomic mass is 9.81. The fourth-order valence-electron chi connectivity index (χ4n) is 0.772. The maximum atomic E-state index is 12.0. The number of hydrogen-bond acceptors (Lipinski definition) is 1. The van der Waals surface area contributed by atoms with E-state index in [1.165, 1.54) is 20.8 Å². The third kappa shape index (κ3) is 2.91. The fraction of sp³-hybridized carbons (Fsp3) is 0.857. The van der Waals surface area contributed by atoms with Gasteiger partial charge in [0.25, 0.3) is 0 Å². The van der Waals surface area contributed by atoms with Gasteiger partial charge >= 0.3 is 6.18 Å². The molecule has 0 heterocycles. The van der Waals surface area contributed by atoms with Gasteiger partial charge in [0, 0.05) is 0 Å². The lowest BCUT2D eigenvalue weighted by Crippen LogP contribution is -2.35. The molecule has 0 spiro atoms. The minimum absolute atomic E-state index is 0.0417. The van der Waals surface area contributed by atoms with E-state index in [0.29, 0.717) is 0 Å². The Kier molecular flexibility index (Phi) is 2.69. The van der Waals surface area contributed by atoms with E-state index in [2.05, 4.69) is 0 Å². The van der Waals surface area contributed by atoms with Gasteiger partial charge in [0.1, 0.15) is 12.2 Å². The zero-order valence-corrected chi connectivity index (χ0v) is 6.70. The van der Waals surface area contributed by atoms with Crippen LogP contribution in [0, 0.1) is 11.3 Å². The van der Waals surface area contributed by atoms with E-state index in [1.54, 1.807) is 0 Å². The molecule has 0 fully saturated rings. The van der Waals surface area contributed by atoms with Crippen LogP contribution in [0.4, 0.5) is 13.2 Å². The van der Waals surface area contributed by atoms with Crippen molar-refractivity contribution in [3.63, 3.8) is 0 Å². The van der Waals surface area contributed by atoms with Crippen molar-refractivity contribution in [3.05, 3.63) is 0 Å². The van der Waals surface area contributed by atoms with Gasteiger partial charge in [-0.1, -0.05) is 20.8 Å². The molecule has 0 saturated carbocycles. The standard InChI is InChI=1S/C7H11F3O/c1-6(2,3)5(4-11)7(8,9)10/h4-5H,1-3H3. The molecule has 0 aliphatic carbocycles. The summed E-state index contributed by atoms with van der Waals surface area (Å²) < 4.78 is 36.0. The molecule has 4 heteroatoms. The van der Waals surface area contributed by atoms with E-state index < -0.39 is 17.5 Å². The molecule has 0 aliphatic heterocycles. The van der Waals surface area contributed by atoms with E-state index in [0.717, 1.165) is 0 Å². The first-order valence-electron chi connectivity index (χ1n) is 3.21. The molecule has 0 aromatic carbocycles. The van der Waals surface area contributed by atoms with Crippen molar-refractivity contribution in [2.75, 3.05) is 0 Å². The highest BCUT2D eigenvalue weighted by atomic mass is 19.4. The Balaban J connectivity index is 4.56. The van der Waals surface area contributed by atoms with Crippen LogP contribution < -0.4 is 0 Å². The Morgan fingerprint density at radius 3 is 1.55 bits per heavy atom. The van der Waals surface area contributed by atoms with Crippen LogP contribution in [0.15, 0.2) is 0 Å². The Bertz CT molecular complexity index is 129. The number of carbonyl (C=O) groups excluding carboxylic acids is 1. The van der Waals surface area contributed by atoms with Crippen LogP contribution in [0.1, 0.15) is 20.8 Å². The molecule has 1 nitrogen and oxygen atoms in total. The van der Waals surface area contributed by atoms with Crippen LogP contribution in [-0.4, -0.2) is 12.5 Å². The van der Waals surface area contributed by atoms with Crippen molar-refractivity contribution < 1.29 is 18.0 Å². The molecule has 66 valence electrons. The summed E-state index contributed by atoms with van der Waals surface area (Å²) in [5, 5.41) is 0. The molecule has 0 radical (unpaired) electrons. The summed E-state index contributed by atoms with van der Waals surface area (Å²) in [5.41, 5.74) is -1.04. The summed E-state index contributed by atoms with van der Waals surface area (Å²) in [7, 11) is 0. The van der Waals surface area contributed by atoms with Gasteiger partial charge in [0.2, 0.25) is 0 Å². The highest BCUT2D eigenvalue weighted by Gasteiger charge is 2.46. The highest BCUT2D eigenvalue weighted by molar-refractivity contribution is 5.56. The maximum Gasteiger partial charge on any atom is 0.398 e. The average Bonchev–Trinajstić information content (AvgIpc) is 1.56. The van der Waals surface area contributed by atoms with Gasteiger partial charge in [-0.3, -0.25) is 0 Å². The van der Waals surface area contributed by atoms with E-state index in [-0.39, 0.29) is 6.29 Å². The molecule has 11 heavy (non-hydrogen) atoms. The number of hydrogen-bond donors (Lipinski definition) is 0. The van der Waals surface area contributed by atoms with Crippen molar-refractivity contribution in [2.45, 2.75) is 26.9 Å². The van der Waals surface area contributed by atoms with Gasteiger partial charge < -0.3 is 4.79 Å². The topological polar surface area (TPSA) is 17.1 Å². The van der Waals surface area contributed by atoms with Gasteiger partial charge in [0.15, 0.2) is 0 Å². The predicted octanol–water partition coefficient (Wildman–Crippen LogP) is 2.41. The number of alkyl halides is 3. The molecule has 0 saturated heterocycles. The maximum absolute atomic E-state index is 12.0. The van der Waals surface area contributed by atoms with Gasteiger partial charge in [-0.15, -0.1) is 0 Å². The number of rotatable bonds is 1. The van der Waals surface area contributed by atoms with Gasteiger partial charge in [-0.2, -0.15) is 13.2 Å². The quantitative estimate of drug-likeness (QED) is 0.549. The molecule has 0 rings (SSSR count). The first-order valence-corrected chi connectivity index (χ1v) is 3.21. The molecule has 1 unspecified atom stereocenters. The zero-order chi connectivity index (χ0) is 9.28. The predicted molar refractivity (Wildman–Crippen MR) is 35.1 cm³/mol. The molecular formula is C7H11F3O. The fourth-order valence-corrected chi connectivity index (χ4v) is 0.772. The van der Waals surface area contributed by atoms with Gasteiger partial charge in [-0.05, 0) is 5.41 Å². The number of aldehydes is 1. The second kappa shape index (κ2) is 2.83. The van der Waals surface area contributed by atoms with Crippen LogP contribution in [0.25, 0.3) is 0 Å². The minimum atomic E-state index is -4.42. The Morgan fingerprint density at radius 1 is 1.18 bits per heavy atom. The highest BCUT2D eigenvalue weighted by Crippen LogP contribution is 2.37. The number of halogens is 3. The molecular weight excluding hydrogens is 157 g/mol. The molecule has 0 aliphatic rings. The van der Waals surface area contributed by atoms with Crippen molar-refractivity contribution in [2.24, 2.45) is 11.3 Å². The summed E-state index contributed by atoms with van der Waals surface area (Å²) in [4.78, 5) is 10.1. The second-order valence-electron chi connectivity index (χ2n) is 3.52. The Labute approximate surface area is 63.6 Å². The van der Waals surface area contributed by atoms with Crippen molar-refractivity contribution in [1.82, 2.24) is 0 Å². The van der Waals surface area contributed by atoms with Crippen LogP contribution >= 0.6 is 0 Å². The number of carbonyl (C=O) groups is 1. The average molecular weight is 168 g/mol. The Hall–Kier alpha value is -0.540. The summed E-state index contributed by atoms with van der Waals surface area (Å²) >= 11 is 0. The second-order valence-corrected chi connectivity index (χ2v) is 3.52. The molecule has 0 bridgehead atoms. The first-order chi connectivity index (χ1) is 4.69. The van der Waals surface area contributed by atoms with Gasteiger partial charge in [-0.25, -0.2) is 0 Å². The Morgan fingerprint density at radius 2 is 1.55 bits per heavy atom. The lowest BCUT2D eigenvalue weighted by molar-refractivity contribution is -0.194. The van der Waals surface area contributed by atoms with E-state index in [4.69, 9.17) is 0 Å². The lowest BCUT2D eigenvalue weighted by Gasteiger charge is -2.27.